The Morgan fingerprint density at radius 2 is 1.76 bits per heavy atom. The first-order valence-corrected chi connectivity index (χ1v) is 7.88. The van der Waals surface area contributed by atoms with Crippen molar-refractivity contribution in [1.29, 1.82) is 0 Å². The molecule has 0 aliphatic carbocycles. The summed E-state index contributed by atoms with van der Waals surface area (Å²) in [5, 5.41) is 5.85. The van der Waals surface area contributed by atoms with Crippen LogP contribution >= 0.6 is 0 Å². The molecule has 0 saturated carbocycles. The van der Waals surface area contributed by atoms with Crippen molar-refractivity contribution in [2.24, 2.45) is 0 Å². The van der Waals surface area contributed by atoms with Gasteiger partial charge in [0.1, 0.15) is 0 Å². The van der Waals surface area contributed by atoms with E-state index in [0.29, 0.717) is 11.3 Å². The molecule has 1 amide bonds. The van der Waals surface area contributed by atoms with Gasteiger partial charge in [-0.2, -0.15) is 0 Å². The first kappa shape index (κ1) is 18.5. The van der Waals surface area contributed by atoms with Gasteiger partial charge in [0.25, 0.3) is 0 Å². The molecule has 0 spiro atoms. The molecule has 0 radical (unpaired) electrons. The molecule has 0 unspecified atom stereocenters. The summed E-state index contributed by atoms with van der Waals surface area (Å²) in [4.78, 5) is 23.4. The molecule has 2 N–H and O–H groups in total. The second-order valence-electron chi connectivity index (χ2n) is 5.47. The van der Waals surface area contributed by atoms with Crippen molar-refractivity contribution >= 4 is 23.3 Å². The van der Waals surface area contributed by atoms with E-state index >= 15 is 0 Å². The lowest BCUT2D eigenvalue weighted by atomic mass is 10.1. The molecule has 0 aromatic heterocycles. The maximum absolute atomic E-state index is 12.0. The molecule has 6 heteroatoms. The fraction of sp³-hybridized carbons (Fsp3) is 0.263. The van der Waals surface area contributed by atoms with Crippen molar-refractivity contribution < 1.29 is 19.1 Å². The van der Waals surface area contributed by atoms with E-state index < -0.39 is 5.97 Å². The normalized spacial score (nSPS) is 11.5. The summed E-state index contributed by atoms with van der Waals surface area (Å²) in [6, 6.07) is 14.3. The average molecular weight is 342 g/mol. The van der Waals surface area contributed by atoms with E-state index in [9.17, 15) is 9.59 Å². The van der Waals surface area contributed by atoms with E-state index in [1.165, 1.54) is 7.11 Å². The van der Waals surface area contributed by atoms with Crippen LogP contribution in [0.1, 0.15) is 28.9 Å². The molecule has 1 atom stereocenters. The van der Waals surface area contributed by atoms with E-state index in [2.05, 4.69) is 15.4 Å². The maximum atomic E-state index is 12.0. The van der Waals surface area contributed by atoms with Gasteiger partial charge in [0, 0.05) is 18.5 Å². The predicted molar refractivity (Wildman–Crippen MR) is 96.8 cm³/mol. The van der Waals surface area contributed by atoms with Crippen molar-refractivity contribution in [1.82, 2.24) is 0 Å². The Morgan fingerprint density at radius 3 is 2.40 bits per heavy atom. The Labute approximate surface area is 147 Å². The number of hydrogen-bond donors (Lipinski definition) is 2. The van der Waals surface area contributed by atoms with Gasteiger partial charge in [0.2, 0.25) is 5.91 Å². The number of nitrogens with one attached hydrogen (secondary N) is 2. The number of rotatable bonds is 7. The predicted octanol–water partition coefficient (Wildman–Crippen LogP) is 3.23. The Morgan fingerprint density at radius 1 is 1.04 bits per heavy atom. The molecule has 0 aliphatic rings. The van der Waals surface area contributed by atoms with Gasteiger partial charge in [-0.05, 0) is 48.9 Å². The van der Waals surface area contributed by atoms with Crippen LogP contribution < -0.4 is 10.6 Å². The molecule has 0 saturated heterocycles. The van der Waals surface area contributed by atoms with Crippen LogP contribution in [-0.4, -0.2) is 32.6 Å². The SMILES string of the molecule is COC(=O)c1ccc(NC(=O)CNc2cccc([C@@H](C)OC)c2)cc1. The third kappa shape index (κ3) is 5.32. The molecule has 132 valence electrons. The highest BCUT2D eigenvalue weighted by Crippen LogP contribution is 2.19. The van der Waals surface area contributed by atoms with Crippen LogP contribution in [0, 0.1) is 0 Å². The van der Waals surface area contributed by atoms with E-state index in [-0.39, 0.29) is 18.6 Å². The van der Waals surface area contributed by atoms with E-state index in [1.54, 1.807) is 31.4 Å². The standard InChI is InChI=1S/C19H22N2O4/c1-13(24-2)15-5-4-6-17(11-15)20-12-18(22)21-16-9-7-14(8-10-16)19(23)25-3/h4-11,13,20H,12H2,1-3H3,(H,21,22)/t13-/m1/s1. The smallest absolute Gasteiger partial charge is 0.337 e. The van der Waals surface area contributed by atoms with E-state index in [1.807, 2.05) is 31.2 Å². The van der Waals surface area contributed by atoms with Crippen LogP contribution in [-0.2, 0) is 14.3 Å². The summed E-state index contributed by atoms with van der Waals surface area (Å²) in [7, 11) is 2.98. The number of ether oxygens (including phenoxy) is 2. The van der Waals surface area contributed by atoms with Crippen LogP contribution in [0.4, 0.5) is 11.4 Å². The second-order valence-corrected chi connectivity index (χ2v) is 5.47. The molecule has 0 heterocycles. The minimum absolute atomic E-state index is 0.0103. The summed E-state index contributed by atoms with van der Waals surface area (Å²) in [5.41, 5.74) is 2.92. The lowest BCUT2D eigenvalue weighted by Crippen LogP contribution is -2.21. The fourth-order valence-corrected chi connectivity index (χ4v) is 2.23. The number of methoxy groups -OCH3 is 2. The summed E-state index contributed by atoms with van der Waals surface area (Å²) in [5.74, 6) is -0.597. The minimum Gasteiger partial charge on any atom is -0.465 e. The van der Waals surface area contributed by atoms with Crippen molar-refractivity contribution in [2.75, 3.05) is 31.4 Å². The Bertz CT molecular complexity index is 728. The zero-order valence-electron chi connectivity index (χ0n) is 14.5. The second kappa shape index (κ2) is 8.84. The number of anilines is 2. The van der Waals surface area contributed by atoms with E-state index in [0.717, 1.165) is 11.3 Å². The number of carbonyl (C=O) groups excluding carboxylic acids is 2. The average Bonchev–Trinajstić information content (AvgIpc) is 2.66. The lowest BCUT2D eigenvalue weighted by molar-refractivity contribution is -0.114. The van der Waals surface area contributed by atoms with Crippen molar-refractivity contribution in [3.05, 3.63) is 59.7 Å². The third-order valence-corrected chi connectivity index (χ3v) is 3.75. The van der Waals surface area contributed by atoms with Gasteiger partial charge in [0.05, 0.1) is 25.3 Å². The highest BCUT2D eigenvalue weighted by Gasteiger charge is 2.07. The molecular formula is C19H22N2O4. The molecule has 25 heavy (non-hydrogen) atoms. The van der Waals surface area contributed by atoms with E-state index in [4.69, 9.17) is 4.74 Å². The summed E-state index contributed by atoms with van der Waals surface area (Å²) in [6.45, 7) is 2.09. The minimum atomic E-state index is -0.412. The highest BCUT2D eigenvalue weighted by atomic mass is 16.5. The molecule has 0 bridgehead atoms. The Kier molecular flexibility index (Phi) is 6.54. The van der Waals surface area contributed by atoms with Gasteiger partial charge in [-0.1, -0.05) is 12.1 Å². The molecular weight excluding hydrogens is 320 g/mol. The lowest BCUT2D eigenvalue weighted by Gasteiger charge is -2.12. The molecule has 6 nitrogen and oxygen atoms in total. The summed E-state index contributed by atoms with van der Waals surface area (Å²) < 4.78 is 9.92. The zero-order valence-corrected chi connectivity index (χ0v) is 14.5. The maximum Gasteiger partial charge on any atom is 0.337 e. The molecule has 2 rings (SSSR count). The quantitative estimate of drug-likeness (QED) is 0.756. The molecule has 0 fully saturated rings. The van der Waals surface area contributed by atoms with Gasteiger partial charge in [0.15, 0.2) is 0 Å². The first-order chi connectivity index (χ1) is 12.0. The number of carbonyl (C=O) groups is 2. The van der Waals surface area contributed by atoms with Gasteiger partial charge >= 0.3 is 5.97 Å². The number of benzene rings is 2. The zero-order chi connectivity index (χ0) is 18.2. The summed E-state index contributed by atoms with van der Waals surface area (Å²) in [6.07, 6.45) is -0.0103. The van der Waals surface area contributed by atoms with Crippen LogP contribution in [0.5, 0.6) is 0 Å². The third-order valence-electron chi connectivity index (χ3n) is 3.75. The van der Waals surface area contributed by atoms with Crippen LogP contribution in [0.25, 0.3) is 0 Å². The van der Waals surface area contributed by atoms with Gasteiger partial charge < -0.3 is 20.1 Å². The number of esters is 1. The van der Waals surface area contributed by atoms with Gasteiger partial charge in [-0.3, -0.25) is 4.79 Å². The first-order valence-electron chi connectivity index (χ1n) is 7.88. The largest absolute Gasteiger partial charge is 0.465 e. The Hall–Kier alpha value is -2.86. The topological polar surface area (TPSA) is 76.7 Å². The molecule has 2 aromatic carbocycles. The van der Waals surface area contributed by atoms with Crippen molar-refractivity contribution in [3.63, 3.8) is 0 Å². The van der Waals surface area contributed by atoms with Crippen LogP contribution in [0.15, 0.2) is 48.5 Å². The number of amides is 1. The summed E-state index contributed by atoms with van der Waals surface area (Å²) >= 11 is 0. The van der Waals surface area contributed by atoms with Gasteiger partial charge in [-0.15, -0.1) is 0 Å². The highest BCUT2D eigenvalue weighted by molar-refractivity contribution is 5.95. The van der Waals surface area contributed by atoms with Crippen molar-refractivity contribution in [3.8, 4) is 0 Å². The molecule has 2 aromatic rings. The Balaban J connectivity index is 1.89. The van der Waals surface area contributed by atoms with Crippen molar-refractivity contribution in [2.45, 2.75) is 13.0 Å². The van der Waals surface area contributed by atoms with Crippen LogP contribution in [0.3, 0.4) is 0 Å². The fourth-order valence-electron chi connectivity index (χ4n) is 2.23. The molecule has 0 aliphatic heterocycles. The monoisotopic (exact) mass is 342 g/mol. The van der Waals surface area contributed by atoms with Gasteiger partial charge in [-0.25, -0.2) is 4.79 Å². The van der Waals surface area contributed by atoms with Crippen LogP contribution in [0.2, 0.25) is 0 Å². The number of hydrogen-bond acceptors (Lipinski definition) is 5.